The van der Waals surface area contributed by atoms with Gasteiger partial charge >= 0.3 is 0 Å². The van der Waals surface area contributed by atoms with Crippen LogP contribution < -0.4 is 10.5 Å². The summed E-state index contributed by atoms with van der Waals surface area (Å²) in [6.45, 7) is 1.37. The predicted molar refractivity (Wildman–Crippen MR) is 65.1 cm³/mol. The number of nitrogens with two attached hydrogens (primary N) is 1. The van der Waals surface area contributed by atoms with Crippen LogP contribution in [0.3, 0.4) is 0 Å². The number of hydrogen-bond acceptors (Lipinski definition) is 6. The normalized spacial score (nSPS) is 10.6. The van der Waals surface area contributed by atoms with Gasteiger partial charge in [0.25, 0.3) is 0 Å². The van der Waals surface area contributed by atoms with Crippen molar-refractivity contribution in [2.24, 2.45) is 5.73 Å². The molecule has 0 bridgehead atoms. The van der Waals surface area contributed by atoms with E-state index in [1.807, 2.05) is 12.1 Å². The predicted octanol–water partition coefficient (Wildman–Crippen LogP) is 0.0163. The summed E-state index contributed by atoms with van der Waals surface area (Å²) in [5.74, 6) is 1.41. The van der Waals surface area contributed by atoms with Gasteiger partial charge in [0.2, 0.25) is 5.88 Å². The van der Waals surface area contributed by atoms with Crippen LogP contribution >= 0.6 is 0 Å². The van der Waals surface area contributed by atoms with Crippen molar-refractivity contribution in [2.45, 2.75) is 19.4 Å². The number of pyridine rings is 1. The summed E-state index contributed by atoms with van der Waals surface area (Å²) in [6.07, 6.45) is 3.27. The largest absolute Gasteiger partial charge is 0.481 e. The number of hydrogen-bond donors (Lipinski definition) is 1. The number of tetrazole rings is 1. The molecule has 7 nitrogen and oxygen atoms in total. The first kappa shape index (κ1) is 12.4. The Morgan fingerprint density at radius 1 is 1.39 bits per heavy atom. The molecule has 2 rings (SSSR count). The van der Waals surface area contributed by atoms with Crippen molar-refractivity contribution >= 4 is 0 Å². The summed E-state index contributed by atoms with van der Waals surface area (Å²) in [7, 11) is 1.59. The Bertz CT molecular complexity index is 481. The van der Waals surface area contributed by atoms with Gasteiger partial charge in [0.1, 0.15) is 0 Å². The molecule has 2 N–H and O–H groups in total. The highest BCUT2D eigenvalue weighted by atomic mass is 16.5. The molecule has 0 fully saturated rings. The van der Waals surface area contributed by atoms with Crippen LogP contribution in [-0.2, 0) is 13.0 Å². The van der Waals surface area contributed by atoms with Crippen molar-refractivity contribution < 1.29 is 4.74 Å². The van der Waals surface area contributed by atoms with E-state index in [1.54, 1.807) is 18.0 Å². The zero-order valence-electron chi connectivity index (χ0n) is 10.3. The van der Waals surface area contributed by atoms with E-state index in [-0.39, 0.29) is 0 Å². The Kier molecular flexibility index (Phi) is 4.19. The monoisotopic (exact) mass is 248 g/mol. The molecule has 0 unspecified atom stereocenters. The molecule has 2 heterocycles. The number of rotatable bonds is 6. The van der Waals surface area contributed by atoms with Gasteiger partial charge in [-0.1, -0.05) is 6.07 Å². The number of nitrogens with zero attached hydrogens (tertiary/aromatic N) is 5. The summed E-state index contributed by atoms with van der Waals surface area (Å²) < 4.78 is 6.79. The summed E-state index contributed by atoms with van der Waals surface area (Å²) >= 11 is 0. The highest BCUT2D eigenvalue weighted by Gasteiger charge is 2.07. The van der Waals surface area contributed by atoms with Gasteiger partial charge in [-0.15, -0.1) is 5.10 Å². The van der Waals surface area contributed by atoms with Crippen molar-refractivity contribution in [3.63, 3.8) is 0 Å². The maximum absolute atomic E-state index is 5.47. The van der Waals surface area contributed by atoms with E-state index in [2.05, 4.69) is 20.5 Å². The first-order valence-electron chi connectivity index (χ1n) is 5.77. The van der Waals surface area contributed by atoms with Crippen LogP contribution in [0.15, 0.2) is 18.3 Å². The molecular formula is C11H16N6O. The van der Waals surface area contributed by atoms with Gasteiger partial charge in [-0.05, 0) is 29.0 Å². The van der Waals surface area contributed by atoms with Gasteiger partial charge in [0, 0.05) is 25.2 Å². The quantitative estimate of drug-likeness (QED) is 0.774. The molecule has 0 saturated carbocycles. The van der Waals surface area contributed by atoms with Gasteiger partial charge in [-0.2, -0.15) is 0 Å². The Morgan fingerprint density at radius 2 is 2.28 bits per heavy atom. The molecule has 0 spiro atoms. The second-order valence-electron chi connectivity index (χ2n) is 3.85. The minimum atomic E-state index is 0.599. The molecule has 0 aliphatic heterocycles. The van der Waals surface area contributed by atoms with Crippen LogP contribution in [0, 0.1) is 0 Å². The van der Waals surface area contributed by atoms with E-state index >= 15 is 0 Å². The van der Waals surface area contributed by atoms with Crippen molar-refractivity contribution in [1.29, 1.82) is 0 Å². The van der Waals surface area contributed by atoms with Crippen molar-refractivity contribution in [3.05, 3.63) is 29.7 Å². The zero-order chi connectivity index (χ0) is 12.8. The molecule has 0 aliphatic rings. The molecule has 0 aromatic carbocycles. The molecule has 0 atom stereocenters. The number of ether oxygens (including phenoxy) is 1. The van der Waals surface area contributed by atoms with Crippen LogP contribution in [0.2, 0.25) is 0 Å². The molecule has 18 heavy (non-hydrogen) atoms. The van der Waals surface area contributed by atoms with Gasteiger partial charge in [-0.3, -0.25) is 0 Å². The lowest BCUT2D eigenvalue weighted by Gasteiger charge is -2.04. The minimum absolute atomic E-state index is 0.599. The SMILES string of the molecule is COc1ccc(Cc2nnnn2CCCN)cn1. The highest BCUT2D eigenvalue weighted by molar-refractivity contribution is 5.20. The average molecular weight is 248 g/mol. The van der Waals surface area contributed by atoms with Crippen molar-refractivity contribution in [3.8, 4) is 5.88 Å². The molecule has 2 aromatic rings. The van der Waals surface area contributed by atoms with Gasteiger partial charge in [0.15, 0.2) is 5.82 Å². The van der Waals surface area contributed by atoms with Crippen LogP contribution in [-0.4, -0.2) is 38.8 Å². The van der Waals surface area contributed by atoms with Gasteiger partial charge in [-0.25, -0.2) is 9.67 Å². The summed E-state index contributed by atoms with van der Waals surface area (Å²) in [4.78, 5) is 4.15. The zero-order valence-corrected chi connectivity index (χ0v) is 10.3. The van der Waals surface area contributed by atoms with Crippen LogP contribution in [0.25, 0.3) is 0 Å². The van der Waals surface area contributed by atoms with E-state index in [1.165, 1.54) is 0 Å². The van der Waals surface area contributed by atoms with E-state index in [0.717, 1.165) is 24.4 Å². The molecule has 7 heteroatoms. The number of aryl methyl sites for hydroxylation is 1. The Balaban J connectivity index is 2.05. The van der Waals surface area contributed by atoms with E-state index < -0.39 is 0 Å². The van der Waals surface area contributed by atoms with Crippen LogP contribution in [0.4, 0.5) is 0 Å². The lowest BCUT2D eigenvalue weighted by Crippen LogP contribution is -2.10. The summed E-state index contributed by atoms with van der Waals surface area (Å²) in [5, 5.41) is 11.6. The van der Waals surface area contributed by atoms with E-state index in [4.69, 9.17) is 10.5 Å². The third-order valence-electron chi connectivity index (χ3n) is 2.55. The molecule has 0 saturated heterocycles. The molecular weight excluding hydrogens is 232 g/mol. The van der Waals surface area contributed by atoms with Crippen LogP contribution in [0.5, 0.6) is 5.88 Å². The van der Waals surface area contributed by atoms with Gasteiger partial charge in [0.05, 0.1) is 7.11 Å². The second-order valence-corrected chi connectivity index (χ2v) is 3.85. The Labute approximate surface area is 105 Å². The standard InChI is InChI=1S/C11H16N6O/c1-18-11-4-3-9(8-13-11)7-10-14-15-16-17(10)6-2-5-12/h3-4,8H,2,5-7,12H2,1H3. The Hall–Kier alpha value is -2.02. The third-order valence-corrected chi connectivity index (χ3v) is 2.55. The fourth-order valence-corrected chi connectivity index (χ4v) is 1.58. The van der Waals surface area contributed by atoms with Crippen molar-refractivity contribution in [1.82, 2.24) is 25.2 Å². The highest BCUT2D eigenvalue weighted by Crippen LogP contribution is 2.10. The smallest absolute Gasteiger partial charge is 0.212 e. The lowest BCUT2D eigenvalue weighted by molar-refractivity contribution is 0.397. The van der Waals surface area contributed by atoms with E-state index in [9.17, 15) is 0 Å². The fourth-order valence-electron chi connectivity index (χ4n) is 1.58. The first-order chi connectivity index (χ1) is 8.83. The Morgan fingerprint density at radius 3 is 2.94 bits per heavy atom. The molecule has 96 valence electrons. The van der Waals surface area contributed by atoms with Crippen molar-refractivity contribution in [2.75, 3.05) is 13.7 Å². The maximum Gasteiger partial charge on any atom is 0.212 e. The summed E-state index contributed by atoms with van der Waals surface area (Å²) in [6, 6.07) is 3.77. The first-order valence-corrected chi connectivity index (χ1v) is 5.77. The van der Waals surface area contributed by atoms with Gasteiger partial charge < -0.3 is 10.5 Å². The maximum atomic E-state index is 5.47. The number of aromatic nitrogens is 5. The minimum Gasteiger partial charge on any atom is -0.481 e. The molecule has 0 aliphatic carbocycles. The molecule has 0 amide bonds. The third kappa shape index (κ3) is 3.01. The lowest BCUT2D eigenvalue weighted by atomic mass is 10.2. The summed E-state index contributed by atoms with van der Waals surface area (Å²) in [5.41, 5.74) is 6.52. The molecule has 2 aromatic heterocycles. The average Bonchev–Trinajstić information content (AvgIpc) is 2.84. The molecule has 0 radical (unpaired) electrons. The van der Waals surface area contributed by atoms with Crippen LogP contribution in [0.1, 0.15) is 17.8 Å². The fraction of sp³-hybridized carbons (Fsp3) is 0.455. The van der Waals surface area contributed by atoms with E-state index in [0.29, 0.717) is 18.8 Å². The number of methoxy groups -OCH3 is 1. The second kappa shape index (κ2) is 6.06. The topological polar surface area (TPSA) is 91.7 Å².